The van der Waals surface area contributed by atoms with Crippen molar-refractivity contribution in [3.05, 3.63) is 47.3 Å². The zero-order valence-corrected chi connectivity index (χ0v) is 33.4. The smallest absolute Gasteiger partial charge is 0.451 e. The van der Waals surface area contributed by atoms with E-state index in [0.29, 0.717) is 68.2 Å². The second-order valence-corrected chi connectivity index (χ2v) is 17.4. The molecule has 2 aromatic rings. The SMILES string of the molecule is CC(C)(C)OC(=O)CCN(C(=O)OC(C)(C)C)S(=O)(=O)NCCC1CCN(c2cc(N3CCC3C(=O)NCCc3ccc(C#N)cc3)nc(C(F)(F)F)n2)CC1. The van der Waals surface area contributed by atoms with Crippen molar-refractivity contribution in [2.24, 2.45) is 5.92 Å². The van der Waals surface area contributed by atoms with E-state index in [1.54, 1.807) is 70.7 Å². The molecule has 0 spiro atoms. The monoisotopic (exact) mass is 808 g/mol. The molecule has 1 aromatic carbocycles. The van der Waals surface area contributed by atoms with Crippen LogP contribution in [0.2, 0.25) is 0 Å². The maximum absolute atomic E-state index is 14.0. The number of aromatic nitrogens is 2. The molecule has 56 heavy (non-hydrogen) atoms. The van der Waals surface area contributed by atoms with Crippen LogP contribution in [0.5, 0.6) is 0 Å². The number of anilines is 2. The van der Waals surface area contributed by atoms with Crippen molar-refractivity contribution in [2.45, 2.75) is 103 Å². The van der Waals surface area contributed by atoms with Crippen LogP contribution in [-0.2, 0) is 41.9 Å². The Labute approximate surface area is 326 Å². The second-order valence-electron chi connectivity index (χ2n) is 15.8. The number of carbonyl (C=O) groups is 3. The predicted molar refractivity (Wildman–Crippen MR) is 201 cm³/mol. The van der Waals surface area contributed by atoms with Gasteiger partial charge in [0.25, 0.3) is 0 Å². The molecule has 0 saturated carbocycles. The van der Waals surface area contributed by atoms with Crippen LogP contribution in [0.4, 0.5) is 29.6 Å². The van der Waals surface area contributed by atoms with Crippen molar-refractivity contribution >= 4 is 39.8 Å². The summed E-state index contributed by atoms with van der Waals surface area (Å²) < 4.78 is 82.0. The van der Waals surface area contributed by atoms with Crippen LogP contribution in [0.3, 0.4) is 0 Å². The van der Waals surface area contributed by atoms with Gasteiger partial charge in [-0.1, -0.05) is 12.1 Å². The van der Waals surface area contributed by atoms with Gasteiger partial charge in [0.1, 0.15) is 28.9 Å². The minimum atomic E-state index is -4.83. The average Bonchev–Trinajstić information content (AvgIpc) is 3.06. The van der Waals surface area contributed by atoms with Gasteiger partial charge in [-0.25, -0.2) is 14.8 Å². The topological polar surface area (TPSA) is 187 Å². The molecule has 0 bridgehead atoms. The molecule has 1 aromatic heterocycles. The van der Waals surface area contributed by atoms with Gasteiger partial charge in [-0.05, 0) is 97.3 Å². The molecule has 2 aliphatic rings. The summed E-state index contributed by atoms with van der Waals surface area (Å²) in [5.41, 5.74) is -0.360. The van der Waals surface area contributed by atoms with Gasteiger partial charge < -0.3 is 24.6 Å². The molecule has 15 nitrogen and oxygen atoms in total. The lowest BCUT2D eigenvalue weighted by Gasteiger charge is -2.41. The Bertz CT molecular complexity index is 1850. The number of benzene rings is 1. The third-order valence-electron chi connectivity index (χ3n) is 8.97. The normalized spacial score (nSPS) is 16.8. The first-order chi connectivity index (χ1) is 26.0. The minimum absolute atomic E-state index is 0.00134. The standard InChI is InChI=1S/C37H51F3N8O7S/c1-35(2,3)54-31(49)16-22-48(34(51)55-36(4,5)6)56(52,53)43-18-12-26-13-19-46(20-14-26)29-23-30(45-33(44-29)37(38,39)40)47-21-15-28(47)32(50)42-17-11-25-7-9-27(24-41)10-8-25/h7-10,23,26,28,43H,11-22H2,1-6H3,(H,42,50). The fraction of sp³-hybridized carbons (Fsp3) is 0.622. The Morgan fingerprint density at radius 1 is 0.929 bits per heavy atom. The summed E-state index contributed by atoms with van der Waals surface area (Å²) in [5, 5.41) is 11.8. The molecule has 1 unspecified atom stereocenters. The van der Waals surface area contributed by atoms with Crippen molar-refractivity contribution in [3.63, 3.8) is 0 Å². The lowest BCUT2D eigenvalue weighted by atomic mass is 9.93. The van der Waals surface area contributed by atoms with Crippen LogP contribution in [0.1, 0.15) is 90.6 Å². The van der Waals surface area contributed by atoms with Gasteiger partial charge in [0.05, 0.1) is 24.6 Å². The van der Waals surface area contributed by atoms with Crippen molar-refractivity contribution in [2.75, 3.05) is 49.1 Å². The number of hydrogen-bond acceptors (Lipinski definition) is 12. The molecule has 2 fully saturated rings. The molecule has 0 radical (unpaired) electrons. The van der Waals surface area contributed by atoms with E-state index in [4.69, 9.17) is 14.7 Å². The summed E-state index contributed by atoms with van der Waals surface area (Å²) in [4.78, 5) is 49.1. The van der Waals surface area contributed by atoms with Crippen LogP contribution >= 0.6 is 0 Å². The quantitative estimate of drug-likeness (QED) is 0.251. The Balaban J connectivity index is 1.34. The number of ether oxygens (including phenoxy) is 2. The molecular weight excluding hydrogens is 758 g/mol. The maximum atomic E-state index is 14.0. The molecule has 308 valence electrons. The Hall–Kier alpha value is -4.70. The molecule has 2 N–H and O–H groups in total. The van der Waals surface area contributed by atoms with Crippen molar-refractivity contribution in [1.29, 1.82) is 5.26 Å². The van der Waals surface area contributed by atoms with Crippen LogP contribution in [-0.4, -0.2) is 97.2 Å². The summed E-state index contributed by atoms with van der Waals surface area (Å²) in [7, 11) is -4.42. The summed E-state index contributed by atoms with van der Waals surface area (Å²) in [6.07, 6.45) is -3.99. The summed E-state index contributed by atoms with van der Waals surface area (Å²) >= 11 is 0. The number of amides is 2. The Morgan fingerprint density at radius 2 is 1.55 bits per heavy atom. The summed E-state index contributed by atoms with van der Waals surface area (Å²) in [5.74, 6) is -2.25. The van der Waals surface area contributed by atoms with Gasteiger partial charge in [-0.3, -0.25) is 9.59 Å². The number of carbonyl (C=O) groups excluding carboxylic acids is 3. The number of rotatable bonds is 14. The van der Waals surface area contributed by atoms with E-state index in [1.807, 2.05) is 6.07 Å². The van der Waals surface area contributed by atoms with Gasteiger partial charge in [-0.2, -0.15) is 35.9 Å². The predicted octanol–water partition coefficient (Wildman–Crippen LogP) is 4.71. The molecule has 0 aliphatic carbocycles. The number of halogens is 3. The van der Waals surface area contributed by atoms with Gasteiger partial charge in [0, 0.05) is 38.8 Å². The van der Waals surface area contributed by atoms with E-state index < -0.39 is 58.1 Å². The highest BCUT2D eigenvalue weighted by Crippen LogP contribution is 2.34. The Kier molecular flexibility index (Phi) is 14.2. The van der Waals surface area contributed by atoms with E-state index >= 15 is 0 Å². The fourth-order valence-electron chi connectivity index (χ4n) is 6.11. The lowest BCUT2D eigenvalue weighted by Crippen LogP contribution is -2.57. The lowest BCUT2D eigenvalue weighted by molar-refractivity contribution is -0.154. The molecular formula is C37H51F3N8O7S. The zero-order valence-electron chi connectivity index (χ0n) is 32.6. The number of esters is 1. The Morgan fingerprint density at radius 3 is 2.11 bits per heavy atom. The van der Waals surface area contributed by atoms with E-state index in [-0.39, 0.29) is 36.4 Å². The summed E-state index contributed by atoms with van der Waals surface area (Å²) in [6.45, 7) is 10.5. The van der Waals surface area contributed by atoms with Gasteiger partial charge in [-0.15, -0.1) is 0 Å². The number of nitrogens with zero attached hydrogens (tertiary/aromatic N) is 6. The van der Waals surface area contributed by atoms with Crippen LogP contribution < -0.4 is 19.8 Å². The largest absolute Gasteiger partial charge is 0.460 e. The van der Waals surface area contributed by atoms with Crippen molar-refractivity contribution in [3.8, 4) is 6.07 Å². The van der Waals surface area contributed by atoms with Gasteiger partial charge >= 0.3 is 28.4 Å². The molecule has 1 atom stereocenters. The highest BCUT2D eigenvalue weighted by molar-refractivity contribution is 7.87. The highest BCUT2D eigenvalue weighted by Gasteiger charge is 2.40. The van der Waals surface area contributed by atoms with E-state index in [1.165, 1.54) is 11.0 Å². The number of hydrogen-bond donors (Lipinski definition) is 2. The molecule has 2 saturated heterocycles. The maximum Gasteiger partial charge on any atom is 0.451 e. The number of nitrogens with one attached hydrogen (secondary N) is 2. The zero-order chi connectivity index (χ0) is 41.5. The summed E-state index contributed by atoms with van der Waals surface area (Å²) in [6, 6.07) is 9.78. The number of piperidine rings is 1. The minimum Gasteiger partial charge on any atom is -0.460 e. The molecule has 2 amide bonds. The first kappa shape index (κ1) is 44.0. The van der Waals surface area contributed by atoms with Gasteiger partial charge in [0.2, 0.25) is 11.7 Å². The van der Waals surface area contributed by atoms with Crippen LogP contribution in [0.25, 0.3) is 0 Å². The third-order valence-corrected chi connectivity index (χ3v) is 10.4. The van der Waals surface area contributed by atoms with Crippen molar-refractivity contribution < 1.29 is 45.4 Å². The molecule has 3 heterocycles. The highest BCUT2D eigenvalue weighted by atomic mass is 32.2. The first-order valence-electron chi connectivity index (χ1n) is 18.5. The van der Waals surface area contributed by atoms with Gasteiger partial charge in [0.15, 0.2) is 0 Å². The number of alkyl halides is 3. The van der Waals surface area contributed by atoms with E-state index in [9.17, 15) is 36.0 Å². The third kappa shape index (κ3) is 12.9. The number of nitriles is 1. The van der Waals surface area contributed by atoms with Crippen LogP contribution in [0.15, 0.2) is 30.3 Å². The van der Waals surface area contributed by atoms with Crippen LogP contribution in [0, 0.1) is 17.2 Å². The molecule has 4 rings (SSSR count). The fourth-order valence-corrected chi connectivity index (χ4v) is 7.21. The first-order valence-corrected chi connectivity index (χ1v) is 20.0. The van der Waals surface area contributed by atoms with Crippen molar-refractivity contribution in [1.82, 2.24) is 24.3 Å². The average molecular weight is 809 g/mol. The molecule has 2 aliphatic heterocycles. The second kappa shape index (κ2) is 18.0. The molecule has 19 heteroatoms. The van der Waals surface area contributed by atoms with E-state index in [0.717, 1.165) is 5.56 Å². The van der Waals surface area contributed by atoms with E-state index in [2.05, 4.69) is 20.0 Å².